The topological polar surface area (TPSA) is 196 Å². The summed E-state index contributed by atoms with van der Waals surface area (Å²) in [5.74, 6) is -0.785. The molecule has 6 heterocycles. The number of ether oxygens (including phenoxy) is 4. The summed E-state index contributed by atoms with van der Waals surface area (Å²) in [6, 6.07) is 18.8. The molecular formula is C49H46F8N10O6S. The van der Waals surface area contributed by atoms with Gasteiger partial charge in [-0.05, 0) is 98.5 Å². The van der Waals surface area contributed by atoms with Gasteiger partial charge in [0, 0.05) is 80.4 Å². The molecule has 3 N–H and O–H groups in total. The molecule has 0 unspecified atom stereocenters. The largest absolute Gasteiger partial charge is 0.497 e. The normalized spacial score (nSPS) is 14.8. The lowest BCUT2D eigenvalue weighted by atomic mass is 10.1. The molecule has 4 aromatic carbocycles. The van der Waals surface area contributed by atoms with E-state index in [2.05, 4.69) is 35.2 Å². The first-order valence-electron chi connectivity index (χ1n) is 22.6. The maximum atomic E-state index is 14.0. The summed E-state index contributed by atoms with van der Waals surface area (Å²) in [6.45, 7) is 3.01. The summed E-state index contributed by atoms with van der Waals surface area (Å²) >= 11 is 0. The van der Waals surface area contributed by atoms with E-state index in [4.69, 9.17) is 24.7 Å². The van der Waals surface area contributed by atoms with Crippen molar-refractivity contribution in [3.8, 4) is 45.9 Å². The Bertz CT molecular complexity index is 3400. The van der Waals surface area contributed by atoms with E-state index < -0.39 is 50.1 Å². The van der Waals surface area contributed by atoms with E-state index in [1.165, 1.54) is 37.1 Å². The van der Waals surface area contributed by atoms with Crippen molar-refractivity contribution in [3.05, 3.63) is 120 Å². The SMILES string of the molecule is COc1ccc2c(c1)nc(-c1ccc(F)c(C(F)(F)F)c1)n2-c1ccnc(NC2CCOCC2)n1.COc1ccc2c(c1)nc(-c1ccc(F)c(C(F)(F)F)c1)n2-c1ccnc(S(C)(=O)=O)n1.NC1CCOCC1. The van der Waals surface area contributed by atoms with Crippen LogP contribution in [0.25, 0.3) is 56.5 Å². The van der Waals surface area contributed by atoms with E-state index >= 15 is 0 Å². The molecule has 8 aromatic rings. The molecule has 0 atom stereocenters. The summed E-state index contributed by atoms with van der Waals surface area (Å²) in [7, 11) is -0.815. The summed E-state index contributed by atoms with van der Waals surface area (Å²) in [5, 5.41) is 2.82. The predicted octanol–water partition coefficient (Wildman–Crippen LogP) is 9.42. The predicted molar refractivity (Wildman–Crippen MR) is 256 cm³/mol. The molecule has 2 fully saturated rings. The van der Waals surface area contributed by atoms with E-state index in [0.29, 0.717) is 76.7 Å². The van der Waals surface area contributed by atoms with E-state index in [0.717, 1.165) is 63.4 Å². The van der Waals surface area contributed by atoms with Crippen molar-refractivity contribution in [2.45, 2.75) is 55.3 Å². The van der Waals surface area contributed by atoms with Gasteiger partial charge in [-0.25, -0.2) is 42.1 Å². The average molecular weight is 1060 g/mol. The standard InChI is InChI=1S/C24H21F4N5O2.C20H14F4N4O3S.C5H11NO/c1-34-16-3-5-20-19(13-16)31-22(14-2-4-18(25)17(12-14)24(26,27)28)33(20)21-6-9-29-23(32-21)30-15-7-10-35-11-8-15;1-31-12-4-6-16-15(10-12)26-18(11-3-5-14(21)13(9-11)20(22,23)24)28(16)17-7-8-25-19(27-17)32(2,29)30;6-5-1-3-7-4-2-5/h2-6,9,12-13,15H,7-8,10-11H2,1H3,(H,29,30,32);3-10H,1-2H3;5H,1-4,6H2. The molecule has 74 heavy (non-hydrogen) atoms. The first kappa shape index (κ1) is 53.0. The van der Waals surface area contributed by atoms with Crippen molar-refractivity contribution in [2.24, 2.45) is 5.73 Å². The van der Waals surface area contributed by atoms with Gasteiger partial charge in [-0.1, -0.05) is 0 Å². The number of imidazole rings is 2. The van der Waals surface area contributed by atoms with Crippen LogP contribution in [-0.4, -0.2) is 106 Å². The van der Waals surface area contributed by atoms with Crippen LogP contribution in [0.1, 0.15) is 36.8 Å². The Kier molecular flexibility index (Phi) is 15.8. The Morgan fingerprint density at radius 3 is 1.51 bits per heavy atom. The van der Waals surface area contributed by atoms with Crippen LogP contribution in [0.3, 0.4) is 0 Å². The number of halogens is 8. The highest BCUT2D eigenvalue weighted by Crippen LogP contribution is 2.38. The number of rotatable bonds is 9. The minimum atomic E-state index is -4.92. The number of nitrogens with two attached hydrogens (primary N) is 1. The second-order valence-corrected chi connectivity index (χ2v) is 18.7. The monoisotopic (exact) mass is 1050 g/mol. The Labute approximate surface area is 417 Å². The van der Waals surface area contributed by atoms with Crippen molar-refractivity contribution in [1.82, 2.24) is 39.0 Å². The van der Waals surface area contributed by atoms with E-state index in [9.17, 15) is 43.5 Å². The van der Waals surface area contributed by atoms with Gasteiger partial charge in [-0.2, -0.15) is 31.3 Å². The lowest BCUT2D eigenvalue weighted by Crippen LogP contribution is -2.28. The number of anilines is 1. The second kappa shape index (κ2) is 22.0. The average Bonchev–Trinajstić information content (AvgIpc) is 3.95. The van der Waals surface area contributed by atoms with Gasteiger partial charge in [-0.3, -0.25) is 9.13 Å². The number of hydrogen-bond acceptors (Lipinski definition) is 14. The number of nitrogens with zero attached hydrogens (tertiary/aromatic N) is 8. The molecule has 0 bridgehead atoms. The first-order chi connectivity index (χ1) is 35.2. The fourth-order valence-electron chi connectivity index (χ4n) is 7.91. The molecule has 2 aliphatic rings. The molecule has 2 saturated heterocycles. The highest BCUT2D eigenvalue weighted by atomic mass is 32.2. The Hall–Kier alpha value is -7.35. The number of aromatic nitrogens is 8. The molecule has 0 amide bonds. The maximum Gasteiger partial charge on any atom is 0.419 e. The highest BCUT2D eigenvalue weighted by Gasteiger charge is 2.36. The molecular weight excluding hydrogens is 1010 g/mol. The van der Waals surface area contributed by atoms with Gasteiger partial charge in [-0.15, -0.1) is 0 Å². The van der Waals surface area contributed by atoms with E-state index in [1.54, 1.807) is 53.2 Å². The fraction of sp³-hybridized carbons (Fsp3) is 0.306. The Morgan fingerprint density at radius 2 is 1.08 bits per heavy atom. The number of methoxy groups -OCH3 is 2. The third-order valence-electron chi connectivity index (χ3n) is 11.7. The molecule has 25 heteroatoms. The minimum Gasteiger partial charge on any atom is -0.497 e. The molecule has 0 spiro atoms. The number of hydrogen-bond donors (Lipinski definition) is 2. The van der Waals surface area contributed by atoms with Crippen molar-refractivity contribution >= 4 is 37.9 Å². The van der Waals surface area contributed by atoms with Crippen molar-refractivity contribution in [2.75, 3.05) is 52.2 Å². The zero-order valence-electron chi connectivity index (χ0n) is 39.6. The Morgan fingerprint density at radius 1 is 0.622 bits per heavy atom. The van der Waals surface area contributed by atoms with Crippen molar-refractivity contribution in [1.29, 1.82) is 0 Å². The molecule has 0 saturated carbocycles. The lowest BCUT2D eigenvalue weighted by molar-refractivity contribution is -0.140. The number of fused-ring (bicyclic) bond motifs is 2. The van der Waals surface area contributed by atoms with Gasteiger partial charge >= 0.3 is 12.4 Å². The van der Waals surface area contributed by atoms with Crippen LogP contribution >= 0.6 is 0 Å². The highest BCUT2D eigenvalue weighted by molar-refractivity contribution is 7.90. The van der Waals surface area contributed by atoms with Crippen LogP contribution in [0.2, 0.25) is 0 Å². The third-order valence-corrected chi connectivity index (χ3v) is 12.5. The molecule has 2 aliphatic heterocycles. The third kappa shape index (κ3) is 12.2. The van der Waals surface area contributed by atoms with Gasteiger partial charge in [0.2, 0.25) is 20.9 Å². The Balaban J connectivity index is 0.000000174. The second-order valence-electron chi connectivity index (χ2n) is 16.8. The molecule has 0 aliphatic carbocycles. The van der Waals surface area contributed by atoms with Crippen LogP contribution in [0.4, 0.5) is 41.1 Å². The van der Waals surface area contributed by atoms with Gasteiger partial charge in [0.25, 0.3) is 0 Å². The van der Waals surface area contributed by atoms with Crippen molar-refractivity contribution in [3.63, 3.8) is 0 Å². The van der Waals surface area contributed by atoms with Gasteiger partial charge in [0.05, 0.1) is 47.4 Å². The smallest absolute Gasteiger partial charge is 0.419 e. The van der Waals surface area contributed by atoms with Crippen LogP contribution in [-0.2, 0) is 31.7 Å². The zero-order chi connectivity index (χ0) is 53.0. The van der Waals surface area contributed by atoms with Gasteiger partial charge in [0.1, 0.15) is 46.4 Å². The molecule has 16 nitrogen and oxygen atoms in total. The molecule has 390 valence electrons. The lowest BCUT2D eigenvalue weighted by Gasteiger charge is -2.23. The molecule has 4 aromatic heterocycles. The first-order valence-corrected chi connectivity index (χ1v) is 24.5. The van der Waals surface area contributed by atoms with Gasteiger partial charge in [0.15, 0.2) is 0 Å². The summed E-state index contributed by atoms with van der Waals surface area (Å²) in [5.41, 5.74) is 4.61. The number of nitrogens with one attached hydrogen (secondary N) is 1. The van der Waals surface area contributed by atoms with E-state index in [-0.39, 0.29) is 34.6 Å². The summed E-state index contributed by atoms with van der Waals surface area (Å²) in [4.78, 5) is 25.7. The van der Waals surface area contributed by atoms with E-state index in [1.807, 2.05) is 0 Å². The van der Waals surface area contributed by atoms with Crippen molar-refractivity contribution < 1.29 is 62.5 Å². The van der Waals surface area contributed by atoms with Crippen LogP contribution in [0, 0.1) is 11.6 Å². The number of sulfone groups is 1. The number of benzene rings is 4. The zero-order valence-corrected chi connectivity index (χ0v) is 40.4. The van der Waals surface area contributed by atoms with Crippen LogP contribution in [0.15, 0.2) is 102 Å². The minimum absolute atomic E-state index is 0.00287. The molecule has 0 radical (unpaired) electrons. The quantitative estimate of drug-likeness (QED) is 0.102. The molecule has 10 rings (SSSR count). The van der Waals surface area contributed by atoms with Gasteiger partial charge < -0.3 is 30.0 Å². The fourth-order valence-corrected chi connectivity index (χ4v) is 8.42. The summed E-state index contributed by atoms with van der Waals surface area (Å²) in [6.07, 6.45) is -2.36. The maximum absolute atomic E-state index is 14.0. The van der Waals surface area contributed by atoms with Crippen LogP contribution < -0.4 is 20.5 Å². The summed E-state index contributed by atoms with van der Waals surface area (Å²) < 4.78 is 156. The number of alkyl halides is 6. The van der Waals surface area contributed by atoms with Crippen LogP contribution in [0.5, 0.6) is 11.5 Å².